The summed E-state index contributed by atoms with van der Waals surface area (Å²) in [5.74, 6) is 2.08. The van der Waals surface area contributed by atoms with Crippen molar-refractivity contribution >= 4 is 28.4 Å². The molecule has 0 radical (unpaired) electrons. The highest BCUT2D eigenvalue weighted by molar-refractivity contribution is 6.12. The Hall–Kier alpha value is -6.22. The number of para-hydroxylation sites is 1. The minimum Gasteiger partial charge on any atom is -0.497 e. The predicted octanol–water partition coefficient (Wildman–Crippen LogP) is 12.0. The highest BCUT2D eigenvalue weighted by Gasteiger charge is 2.45. The van der Waals surface area contributed by atoms with Crippen molar-refractivity contribution in [2.24, 2.45) is 0 Å². The van der Waals surface area contributed by atoms with Crippen molar-refractivity contribution in [2.45, 2.75) is 50.8 Å². The van der Waals surface area contributed by atoms with E-state index in [1.54, 1.807) is 37.4 Å². The molecule has 1 aliphatic carbocycles. The first-order chi connectivity index (χ1) is 27.4. The number of benzene rings is 6. The Balaban J connectivity index is 1.34. The summed E-state index contributed by atoms with van der Waals surface area (Å²) in [6.07, 6.45) is 1.52. The van der Waals surface area contributed by atoms with Gasteiger partial charge in [0.15, 0.2) is 5.60 Å². The number of alkyl halides is 3. The molecule has 0 aromatic heterocycles. The van der Waals surface area contributed by atoms with E-state index in [2.05, 4.69) is 12.2 Å². The highest BCUT2D eigenvalue weighted by atomic mass is 19.4. The SMILES string of the molecule is CCCCOc1ccc(C2(c3ccc(OC)cc3)C=Cc3c4c(c5cc(NC(=O)c6ccccc6OC)ccc5c3O2)-c2ccc(C(F)(F)F)cc2C4(C)C)cc1. The third kappa shape index (κ3) is 6.45. The lowest BCUT2D eigenvalue weighted by atomic mass is 9.76. The number of amides is 1. The first kappa shape index (κ1) is 37.7. The van der Waals surface area contributed by atoms with Crippen LogP contribution in [0, 0.1) is 0 Å². The zero-order chi connectivity index (χ0) is 40.1. The van der Waals surface area contributed by atoms with Gasteiger partial charge in [-0.2, -0.15) is 13.2 Å². The van der Waals surface area contributed by atoms with Crippen LogP contribution in [0.1, 0.15) is 77.4 Å². The van der Waals surface area contributed by atoms with Gasteiger partial charge in [-0.25, -0.2) is 0 Å². The number of unbranched alkanes of at least 4 members (excludes halogenated alkanes) is 1. The van der Waals surface area contributed by atoms with E-state index in [1.807, 2.05) is 92.7 Å². The lowest BCUT2D eigenvalue weighted by Gasteiger charge is -2.38. The van der Waals surface area contributed by atoms with E-state index in [1.165, 1.54) is 13.2 Å². The highest BCUT2D eigenvalue weighted by Crippen LogP contribution is 2.59. The number of carbonyl (C=O) groups is 1. The van der Waals surface area contributed by atoms with E-state index in [0.29, 0.717) is 46.2 Å². The van der Waals surface area contributed by atoms with Crippen LogP contribution in [0.25, 0.3) is 28.0 Å². The third-order valence-corrected chi connectivity index (χ3v) is 11.1. The first-order valence-electron chi connectivity index (χ1n) is 19.0. The maximum atomic E-state index is 14.2. The summed E-state index contributed by atoms with van der Waals surface area (Å²) in [6.45, 7) is 6.64. The van der Waals surface area contributed by atoms with Crippen LogP contribution >= 0.6 is 0 Å². The Kier molecular flexibility index (Phi) is 9.50. The van der Waals surface area contributed by atoms with Gasteiger partial charge in [0.25, 0.3) is 5.91 Å². The number of halogens is 3. The van der Waals surface area contributed by atoms with Gasteiger partial charge in [-0.15, -0.1) is 0 Å². The van der Waals surface area contributed by atoms with Gasteiger partial charge in [0, 0.05) is 33.2 Å². The van der Waals surface area contributed by atoms with Crippen LogP contribution in [-0.2, 0) is 17.2 Å². The van der Waals surface area contributed by atoms with Crippen LogP contribution in [0.5, 0.6) is 23.0 Å². The van der Waals surface area contributed by atoms with Gasteiger partial charge in [0.1, 0.15) is 23.0 Å². The van der Waals surface area contributed by atoms with Gasteiger partial charge in [-0.3, -0.25) is 4.79 Å². The molecule has 1 N–H and O–H groups in total. The molecule has 1 unspecified atom stereocenters. The topological polar surface area (TPSA) is 66.0 Å². The average Bonchev–Trinajstić information content (AvgIpc) is 3.46. The molecule has 2 aliphatic rings. The second kappa shape index (κ2) is 14.4. The molecule has 0 bridgehead atoms. The van der Waals surface area contributed by atoms with Gasteiger partial charge in [0.2, 0.25) is 0 Å². The van der Waals surface area contributed by atoms with E-state index >= 15 is 0 Å². The number of hydrogen-bond acceptors (Lipinski definition) is 5. The van der Waals surface area contributed by atoms with Crippen molar-refractivity contribution in [1.29, 1.82) is 0 Å². The fraction of sp³-hybridized carbons (Fsp3) is 0.229. The molecule has 0 saturated carbocycles. The number of nitrogens with one attached hydrogen (secondary N) is 1. The average molecular weight is 770 g/mol. The van der Waals surface area contributed by atoms with Crippen LogP contribution in [0.4, 0.5) is 18.9 Å². The zero-order valence-electron chi connectivity index (χ0n) is 32.3. The molecule has 0 spiro atoms. The third-order valence-electron chi connectivity index (χ3n) is 11.1. The monoisotopic (exact) mass is 769 g/mol. The molecule has 6 aromatic carbocycles. The fourth-order valence-electron chi connectivity index (χ4n) is 8.22. The van der Waals surface area contributed by atoms with Crippen LogP contribution in [0.2, 0.25) is 0 Å². The van der Waals surface area contributed by atoms with Gasteiger partial charge >= 0.3 is 6.18 Å². The number of rotatable bonds is 10. The second-order valence-electron chi connectivity index (χ2n) is 14.9. The van der Waals surface area contributed by atoms with E-state index in [9.17, 15) is 18.0 Å². The summed E-state index contributed by atoms with van der Waals surface area (Å²) in [4.78, 5) is 13.6. The molecule has 1 heterocycles. The Labute approximate surface area is 329 Å². The summed E-state index contributed by atoms with van der Waals surface area (Å²) in [6, 6.07) is 32.1. The van der Waals surface area contributed by atoms with Crippen LogP contribution in [0.15, 0.2) is 115 Å². The lowest BCUT2D eigenvalue weighted by Crippen LogP contribution is -2.35. The smallest absolute Gasteiger partial charge is 0.416 e. The summed E-state index contributed by atoms with van der Waals surface area (Å²) < 4.78 is 66.9. The summed E-state index contributed by atoms with van der Waals surface area (Å²) >= 11 is 0. The van der Waals surface area contributed by atoms with Crippen molar-refractivity contribution < 1.29 is 36.9 Å². The summed E-state index contributed by atoms with van der Waals surface area (Å²) in [7, 11) is 3.13. The number of methoxy groups -OCH3 is 2. The van der Waals surface area contributed by atoms with Crippen LogP contribution in [0.3, 0.4) is 0 Å². The molecule has 1 aliphatic heterocycles. The van der Waals surface area contributed by atoms with Crippen molar-refractivity contribution in [3.8, 4) is 34.1 Å². The van der Waals surface area contributed by atoms with Crippen molar-refractivity contribution in [3.05, 3.63) is 154 Å². The van der Waals surface area contributed by atoms with Crippen molar-refractivity contribution in [3.63, 3.8) is 0 Å². The molecule has 0 saturated heterocycles. The molecule has 290 valence electrons. The maximum absolute atomic E-state index is 14.2. The predicted molar refractivity (Wildman–Crippen MR) is 218 cm³/mol. The molecule has 6 nitrogen and oxygen atoms in total. The summed E-state index contributed by atoms with van der Waals surface area (Å²) in [5.41, 5.74) is 3.56. The molecule has 1 atom stereocenters. The van der Waals surface area contributed by atoms with Crippen molar-refractivity contribution in [2.75, 3.05) is 26.1 Å². The standard InChI is InChI=1S/C48H42F3NO5/c1-6-7-26-56-34-20-14-30(15-21-34)47(29-12-18-33(54-4)19-13-29)25-24-38-43-42(36-22-16-31(48(49,50)51)27-40(36)46(43,2)3)39-28-32(17-23-35(39)44(38)57-47)52-45(53)37-10-8-9-11-41(37)55-5/h8-25,27-28H,6-7,26H2,1-5H3,(H,52,53). The Morgan fingerprint density at radius 2 is 1.51 bits per heavy atom. The molecule has 0 fully saturated rings. The van der Waals surface area contributed by atoms with E-state index in [0.717, 1.165) is 63.2 Å². The Morgan fingerprint density at radius 1 is 0.807 bits per heavy atom. The molecular weight excluding hydrogens is 728 g/mol. The van der Waals surface area contributed by atoms with Gasteiger partial charge in [0.05, 0.1) is 32.0 Å². The normalized spacial score (nSPS) is 16.3. The fourth-order valence-corrected chi connectivity index (χ4v) is 8.22. The molecule has 57 heavy (non-hydrogen) atoms. The molecule has 6 aromatic rings. The number of anilines is 1. The second-order valence-corrected chi connectivity index (χ2v) is 14.9. The quantitative estimate of drug-likeness (QED) is 0.141. The largest absolute Gasteiger partial charge is 0.497 e. The zero-order valence-corrected chi connectivity index (χ0v) is 32.3. The molecule has 1 amide bonds. The van der Waals surface area contributed by atoms with Gasteiger partial charge in [-0.1, -0.05) is 75.7 Å². The Morgan fingerprint density at radius 3 is 2.18 bits per heavy atom. The minimum absolute atomic E-state index is 0.362. The maximum Gasteiger partial charge on any atom is 0.416 e. The van der Waals surface area contributed by atoms with E-state index in [-0.39, 0.29) is 5.91 Å². The van der Waals surface area contributed by atoms with E-state index < -0.39 is 22.8 Å². The van der Waals surface area contributed by atoms with Crippen LogP contribution < -0.4 is 24.3 Å². The number of ether oxygens (including phenoxy) is 4. The molecule has 8 rings (SSSR count). The molecular formula is C48H42F3NO5. The first-order valence-corrected chi connectivity index (χ1v) is 19.0. The Bertz CT molecular complexity index is 2540. The van der Waals surface area contributed by atoms with Gasteiger partial charge in [-0.05, 0) is 107 Å². The summed E-state index contributed by atoms with van der Waals surface area (Å²) in [5, 5.41) is 4.49. The van der Waals surface area contributed by atoms with E-state index in [4.69, 9.17) is 18.9 Å². The lowest BCUT2D eigenvalue weighted by molar-refractivity contribution is -0.137. The molecule has 9 heteroatoms. The van der Waals surface area contributed by atoms with Crippen molar-refractivity contribution in [1.82, 2.24) is 0 Å². The van der Waals surface area contributed by atoms with Gasteiger partial charge < -0.3 is 24.3 Å². The number of hydrogen-bond donors (Lipinski definition) is 1. The number of carbonyl (C=O) groups excluding carboxylic acids is 1. The minimum atomic E-state index is -4.52. The van der Waals surface area contributed by atoms with Crippen LogP contribution in [-0.4, -0.2) is 26.7 Å². The number of fused-ring (bicyclic) bond motifs is 8.